The van der Waals surface area contributed by atoms with Gasteiger partial charge in [-0.1, -0.05) is 44.7 Å². The molecule has 0 bridgehead atoms. The Bertz CT molecular complexity index is 575. The second kappa shape index (κ2) is 8.20. The summed E-state index contributed by atoms with van der Waals surface area (Å²) in [5.74, 6) is 4.35. The molecule has 5 heteroatoms. The van der Waals surface area contributed by atoms with Gasteiger partial charge >= 0.3 is 0 Å². The van der Waals surface area contributed by atoms with Crippen LogP contribution in [0.2, 0.25) is 0 Å². The van der Waals surface area contributed by atoms with Crippen LogP contribution in [0.1, 0.15) is 36.7 Å². The monoisotopic (exact) mass is 302 g/mol. The third kappa shape index (κ3) is 5.98. The van der Waals surface area contributed by atoms with Crippen LogP contribution in [0.15, 0.2) is 24.3 Å². The van der Waals surface area contributed by atoms with E-state index in [9.17, 15) is 9.59 Å². The van der Waals surface area contributed by atoms with E-state index in [1.165, 1.54) is 0 Å². The fourth-order valence-corrected chi connectivity index (χ4v) is 1.71. The fraction of sp³-hybridized carbons (Fsp3) is 0.412. The van der Waals surface area contributed by atoms with Crippen molar-refractivity contribution in [3.63, 3.8) is 0 Å². The lowest BCUT2D eigenvalue weighted by Crippen LogP contribution is -2.37. The van der Waals surface area contributed by atoms with E-state index in [2.05, 4.69) is 43.2 Å². The Labute approximate surface area is 131 Å². The van der Waals surface area contributed by atoms with Crippen molar-refractivity contribution in [3.05, 3.63) is 35.4 Å². The van der Waals surface area contributed by atoms with Crippen LogP contribution >= 0.6 is 0 Å². The highest BCUT2D eigenvalue weighted by Crippen LogP contribution is 2.22. The number of carbonyl (C=O) groups is 2. The number of carbonyl (C=O) groups excluding carboxylic acids is 2. The van der Waals surface area contributed by atoms with E-state index < -0.39 is 0 Å². The van der Waals surface area contributed by atoms with Gasteiger partial charge in [0, 0.05) is 5.56 Å². The van der Waals surface area contributed by atoms with Crippen LogP contribution in [-0.2, 0) is 10.2 Å². The third-order valence-electron chi connectivity index (χ3n) is 3.00. The van der Waals surface area contributed by atoms with Crippen molar-refractivity contribution in [2.45, 2.75) is 26.2 Å². The van der Waals surface area contributed by atoms with Crippen molar-refractivity contribution in [2.24, 2.45) is 0 Å². The maximum atomic E-state index is 11.9. The standard InChI is InChI=1S/C17H22N2O3/c1-17(2,3)14-8-6-13(7-9-14)16(22)19-12-15(21)18-10-4-5-11-20/h6-9,20H,10-12H2,1-3H3,(H,18,21)(H,19,22). The van der Waals surface area contributed by atoms with Crippen LogP contribution in [0.5, 0.6) is 0 Å². The number of aliphatic hydroxyl groups is 1. The quantitative estimate of drug-likeness (QED) is 0.721. The Balaban J connectivity index is 2.47. The first kappa shape index (κ1) is 17.7. The summed E-state index contributed by atoms with van der Waals surface area (Å²) in [6.07, 6.45) is 0. The summed E-state index contributed by atoms with van der Waals surface area (Å²) in [6.45, 7) is 6.11. The highest BCUT2D eigenvalue weighted by atomic mass is 16.2. The average Bonchev–Trinajstić information content (AvgIpc) is 2.48. The molecule has 0 spiro atoms. The number of rotatable bonds is 4. The Hall–Kier alpha value is -2.32. The molecule has 22 heavy (non-hydrogen) atoms. The lowest BCUT2D eigenvalue weighted by molar-refractivity contribution is -0.119. The van der Waals surface area contributed by atoms with Crippen LogP contribution in [0.3, 0.4) is 0 Å². The minimum Gasteiger partial charge on any atom is -0.384 e. The molecule has 1 aromatic carbocycles. The number of amides is 2. The second-order valence-corrected chi connectivity index (χ2v) is 5.80. The van der Waals surface area contributed by atoms with Gasteiger partial charge in [0.25, 0.3) is 5.91 Å². The Morgan fingerprint density at radius 2 is 1.73 bits per heavy atom. The molecule has 0 unspecified atom stereocenters. The zero-order valence-corrected chi connectivity index (χ0v) is 13.2. The summed E-state index contributed by atoms with van der Waals surface area (Å²) in [7, 11) is 0. The van der Waals surface area contributed by atoms with Gasteiger partial charge < -0.3 is 15.7 Å². The first-order valence-electron chi connectivity index (χ1n) is 7.06. The molecule has 0 saturated carbocycles. The molecular weight excluding hydrogens is 280 g/mol. The fourth-order valence-electron chi connectivity index (χ4n) is 1.71. The van der Waals surface area contributed by atoms with E-state index in [1.807, 2.05) is 12.1 Å². The van der Waals surface area contributed by atoms with Gasteiger partial charge in [-0.2, -0.15) is 0 Å². The maximum absolute atomic E-state index is 11.9. The largest absolute Gasteiger partial charge is 0.384 e. The van der Waals surface area contributed by atoms with E-state index in [1.54, 1.807) is 12.1 Å². The molecule has 0 heterocycles. The Kier molecular flexibility index (Phi) is 6.61. The topological polar surface area (TPSA) is 78.4 Å². The van der Waals surface area contributed by atoms with Gasteiger partial charge in [-0.05, 0) is 23.1 Å². The molecule has 3 N–H and O–H groups in total. The lowest BCUT2D eigenvalue weighted by atomic mass is 9.87. The number of aliphatic hydroxyl groups excluding tert-OH is 1. The van der Waals surface area contributed by atoms with Gasteiger partial charge in [0.05, 0.1) is 13.1 Å². The molecule has 0 fully saturated rings. The van der Waals surface area contributed by atoms with Crippen LogP contribution in [0.25, 0.3) is 0 Å². The molecule has 1 aromatic rings. The molecule has 0 atom stereocenters. The lowest BCUT2D eigenvalue weighted by Gasteiger charge is -2.19. The predicted octanol–water partition coefficient (Wildman–Crippen LogP) is 0.826. The van der Waals surface area contributed by atoms with E-state index in [4.69, 9.17) is 5.11 Å². The summed E-state index contributed by atoms with van der Waals surface area (Å²) in [4.78, 5) is 23.4. The Morgan fingerprint density at radius 3 is 2.27 bits per heavy atom. The highest BCUT2D eigenvalue weighted by molar-refractivity contribution is 5.96. The van der Waals surface area contributed by atoms with Gasteiger partial charge in [-0.25, -0.2) is 0 Å². The van der Waals surface area contributed by atoms with Crippen LogP contribution in [0, 0.1) is 11.8 Å². The van der Waals surface area contributed by atoms with Crippen molar-refractivity contribution < 1.29 is 14.7 Å². The minimum atomic E-state index is -0.327. The number of hydrogen-bond acceptors (Lipinski definition) is 3. The van der Waals surface area contributed by atoms with Gasteiger partial charge in [0.2, 0.25) is 5.91 Å². The zero-order valence-electron chi connectivity index (χ0n) is 13.2. The zero-order chi connectivity index (χ0) is 16.6. The predicted molar refractivity (Wildman–Crippen MR) is 85.3 cm³/mol. The average molecular weight is 302 g/mol. The molecule has 5 nitrogen and oxygen atoms in total. The first-order chi connectivity index (χ1) is 10.3. The summed E-state index contributed by atoms with van der Waals surface area (Å²) < 4.78 is 0. The van der Waals surface area contributed by atoms with Crippen molar-refractivity contribution in [1.29, 1.82) is 0 Å². The van der Waals surface area contributed by atoms with Gasteiger partial charge in [-0.15, -0.1) is 0 Å². The van der Waals surface area contributed by atoms with Gasteiger partial charge in [0.15, 0.2) is 0 Å². The van der Waals surface area contributed by atoms with E-state index in [0.717, 1.165) is 5.56 Å². The maximum Gasteiger partial charge on any atom is 0.251 e. The van der Waals surface area contributed by atoms with Crippen LogP contribution in [-0.4, -0.2) is 36.6 Å². The first-order valence-corrected chi connectivity index (χ1v) is 7.06. The van der Waals surface area contributed by atoms with Crippen molar-refractivity contribution >= 4 is 11.8 Å². The third-order valence-corrected chi connectivity index (χ3v) is 3.00. The van der Waals surface area contributed by atoms with Crippen molar-refractivity contribution in [1.82, 2.24) is 10.6 Å². The normalized spacial score (nSPS) is 10.4. The smallest absolute Gasteiger partial charge is 0.251 e. The molecule has 118 valence electrons. The Morgan fingerprint density at radius 1 is 1.09 bits per heavy atom. The molecule has 0 radical (unpaired) electrons. The van der Waals surface area contributed by atoms with Crippen molar-refractivity contribution in [2.75, 3.05) is 19.7 Å². The molecule has 0 aliphatic heterocycles. The number of hydrogen-bond donors (Lipinski definition) is 3. The second-order valence-electron chi connectivity index (χ2n) is 5.80. The summed E-state index contributed by atoms with van der Waals surface area (Å²) >= 11 is 0. The van der Waals surface area contributed by atoms with Crippen LogP contribution in [0.4, 0.5) is 0 Å². The summed E-state index contributed by atoms with van der Waals surface area (Å²) in [5.41, 5.74) is 1.69. The number of benzene rings is 1. The number of nitrogens with one attached hydrogen (secondary N) is 2. The molecular formula is C17H22N2O3. The summed E-state index contributed by atoms with van der Waals surface area (Å²) in [5, 5.41) is 13.5. The molecule has 1 rings (SSSR count). The van der Waals surface area contributed by atoms with E-state index in [0.29, 0.717) is 5.56 Å². The molecule has 0 aliphatic rings. The highest BCUT2D eigenvalue weighted by Gasteiger charge is 2.14. The van der Waals surface area contributed by atoms with Gasteiger partial charge in [-0.3, -0.25) is 9.59 Å². The molecule has 0 aromatic heterocycles. The van der Waals surface area contributed by atoms with E-state index in [-0.39, 0.29) is 36.9 Å². The van der Waals surface area contributed by atoms with Gasteiger partial charge in [0.1, 0.15) is 6.61 Å². The van der Waals surface area contributed by atoms with E-state index >= 15 is 0 Å². The summed E-state index contributed by atoms with van der Waals surface area (Å²) in [6, 6.07) is 7.33. The molecule has 0 aliphatic carbocycles. The van der Waals surface area contributed by atoms with Crippen LogP contribution < -0.4 is 10.6 Å². The SMILES string of the molecule is CC(C)(C)c1ccc(C(=O)NCC(=O)NCC#CCO)cc1. The van der Waals surface area contributed by atoms with Crippen molar-refractivity contribution in [3.8, 4) is 11.8 Å². The molecule has 2 amide bonds. The minimum absolute atomic E-state index is 0.0322. The molecule has 0 saturated heterocycles.